The Morgan fingerprint density at radius 1 is 1.03 bits per heavy atom. The van der Waals surface area contributed by atoms with E-state index >= 15 is 0 Å². The third-order valence-corrected chi connectivity index (χ3v) is 7.11. The number of nitrogens with zero attached hydrogens (tertiary/aromatic N) is 2. The van der Waals surface area contributed by atoms with E-state index in [-0.39, 0.29) is 0 Å². The Morgan fingerprint density at radius 2 is 1.84 bits per heavy atom. The van der Waals surface area contributed by atoms with Crippen LogP contribution >= 0.6 is 0 Å². The first kappa shape index (κ1) is 20.2. The summed E-state index contributed by atoms with van der Waals surface area (Å²) < 4.78 is 5.65. The molecule has 0 spiro atoms. The van der Waals surface area contributed by atoms with E-state index in [1.807, 2.05) is 30.5 Å². The lowest BCUT2D eigenvalue weighted by molar-refractivity contribution is -0.143. The molecule has 0 N–H and O–H groups in total. The van der Waals surface area contributed by atoms with Crippen molar-refractivity contribution in [1.29, 1.82) is 0 Å². The lowest BCUT2D eigenvalue weighted by atomic mass is 9.72. The van der Waals surface area contributed by atoms with E-state index in [9.17, 15) is 4.79 Å². The molecule has 2 aliphatic rings. The molecule has 160 valence electrons. The Hall–Kier alpha value is -2.72. The molecule has 1 aromatic heterocycles. The average molecular weight is 415 g/mol. The second-order valence-corrected chi connectivity index (χ2v) is 9.02. The highest BCUT2D eigenvalue weighted by molar-refractivity contribution is 5.88. The Kier molecular flexibility index (Phi) is 5.73. The lowest BCUT2D eigenvalue weighted by Gasteiger charge is -2.43. The third kappa shape index (κ3) is 3.97. The number of aromatic nitrogens is 1. The standard InChI is InChI=1S/C27H30N2O2/c30-26(27(13-17-31-18-14-27)24-11-2-1-3-12-24)29-16-6-7-21(20-29)19-23-9-4-8-22-10-5-15-28-25(22)23/h1-5,8-12,15,21H,6-7,13-14,16-20H2. The van der Waals surface area contributed by atoms with Gasteiger partial charge < -0.3 is 9.64 Å². The number of hydrogen-bond donors (Lipinski definition) is 0. The Bertz CT molecular complexity index is 1040. The highest BCUT2D eigenvalue weighted by Crippen LogP contribution is 2.38. The topological polar surface area (TPSA) is 42.4 Å². The van der Waals surface area contributed by atoms with Gasteiger partial charge in [0, 0.05) is 37.9 Å². The van der Waals surface area contributed by atoms with Crippen molar-refractivity contribution in [2.45, 2.75) is 37.5 Å². The van der Waals surface area contributed by atoms with Gasteiger partial charge in [0.2, 0.25) is 5.91 Å². The normalized spacial score (nSPS) is 21.2. The average Bonchev–Trinajstić information content (AvgIpc) is 2.85. The fourth-order valence-corrected chi connectivity index (χ4v) is 5.46. The van der Waals surface area contributed by atoms with Gasteiger partial charge >= 0.3 is 0 Å². The first-order valence-corrected chi connectivity index (χ1v) is 11.5. The van der Waals surface area contributed by atoms with Gasteiger partial charge in [0.25, 0.3) is 0 Å². The fourth-order valence-electron chi connectivity index (χ4n) is 5.46. The minimum atomic E-state index is -0.442. The van der Waals surface area contributed by atoms with Crippen LogP contribution in [0.4, 0.5) is 0 Å². The number of piperidine rings is 1. The van der Waals surface area contributed by atoms with Crippen LogP contribution in [0.25, 0.3) is 10.9 Å². The number of fused-ring (bicyclic) bond motifs is 1. The van der Waals surface area contributed by atoms with Crippen LogP contribution in [-0.2, 0) is 21.4 Å². The molecule has 0 saturated carbocycles. The number of carbonyl (C=O) groups is 1. The Labute approximate surface area is 184 Å². The molecule has 2 aromatic carbocycles. The van der Waals surface area contributed by atoms with Crippen LogP contribution in [-0.4, -0.2) is 42.1 Å². The zero-order valence-electron chi connectivity index (χ0n) is 18.0. The molecule has 0 radical (unpaired) electrons. The predicted molar refractivity (Wildman–Crippen MR) is 123 cm³/mol. The molecule has 1 amide bonds. The first-order valence-electron chi connectivity index (χ1n) is 11.5. The number of hydrogen-bond acceptors (Lipinski definition) is 3. The monoisotopic (exact) mass is 414 g/mol. The molecule has 4 nitrogen and oxygen atoms in total. The molecule has 1 atom stereocenters. The number of benzene rings is 2. The molecule has 0 bridgehead atoms. The Balaban J connectivity index is 1.37. The summed E-state index contributed by atoms with van der Waals surface area (Å²) in [5.41, 5.74) is 3.09. The molecular formula is C27H30N2O2. The number of ether oxygens (including phenoxy) is 1. The van der Waals surface area contributed by atoms with Gasteiger partial charge in [-0.25, -0.2) is 0 Å². The van der Waals surface area contributed by atoms with Crippen LogP contribution in [0.1, 0.15) is 36.8 Å². The van der Waals surface area contributed by atoms with Crippen LogP contribution in [0.15, 0.2) is 66.9 Å². The van der Waals surface area contributed by atoms with E-state index in [0.29, 0.717) is 25.0 Å². The molecule has 5 rings (SSSR count). The van der Waals surface area contributed by atoms with E-state index in [0.717, 1.165) is 56.3 Å². The van der Waals surface area contributed by atoms with Gasteiger partial charge in [-0.1, -0.05) is 54.6 Å². The zero-order chi connectivity index (χ0) is 21.1. The number of pyridine rings is 1. The van der Waals surface area contributed by atoms with Crippen LogP contribution < -0.4 is 0 Å². The minimum absolute atomic E-state index is 0.294. The molecule has 2 saturated heterocycles. The molecule has 2 aliphatic heterocycles. The largest absolute Gasteiger partial charge is 0.381 e. The van der Waals surface area contributed by atoms with E-state index in [1.165, 1.54) is 10.9 Å². The van der Waals surface area contributed by atoms with Crippen molar-refractivity contribution in [2.75, 3.05) is 26.3 Å². The van der Waals surface area contributed by atoms with Crippen molar-refractivity contribution >= 4 is 16.8 Å². The van der Waals surface area contributed by atoms with Crippen LogP contribution in [0.2, 0.25) is 0 Å². The number of carbonyl (C=O) groups excluding carboxylic acids is 1. The number of para-hydroxylation sites is 1. The lowest BCUT2D eigenvalue weighted by Crippen LogP contribution is -2.52. The second kappa shape index (κ2) is 8.80. The SMILES string of the molecule is O=C(N1CCCC(Cc2cccc3cccnc23)C1)C1(c2ccccc2)CCOCC1. The summed E-state index contributed by atoms with van der Waals surface area (Å²) in [7, 11) is 0. The summed E-state index contributed by atoms with van der Waals surface area (Å²) in [6.45, 7) is 3.00. The summed E-state index contributed by atoms with van der Waals surface area (Å²) in [5.74, 6) is 0.765. The molecule has 3 heterocycles. The molecule has 4 heteroatoms. The van der Waals surface area contributed by atoms with Crippen molar-refractivity contribution < 1.29 is 9.53 Å². The quantitative estimate of drug-likeness (QED) is 0.618. The van der Waals surface area contributed by atoms with Gasteiger partial charge in [-0.05, 0) is 55.2 Å². The van der Waals surface area contributed by atoms with Crippen molar-refractivity contribution in [2.24, 2.45) is 5.92 Å². The summed E-state index contributed by atoms with van der Waals surface area (Å²) >= 11 is 0. The predicted octanol–water partition coefficient (Wildman–Crippen LogP) is 4.76. The van der Waals surface area contributed by atoms with Crippen LogP contribution in [0.3, 0.4) is 0 Å². The van der Waals surface area contributed by atoms with Crippen molar-refractivity contribution in [3.8, 4) is 0 Å². The van der Waals surface area contributed by atoms with Crippen molar-refractivity contribution in [3.05, 3.63) is 78.0 Å². The van der Waals surface area contributed by atoms with Gasteiger partial charge in [0.05, 0.1) is 10.9 Å². The smallest absolute Gasteiger partial charge is 0.233 e. The highest BCUT2D eigenvalue weighted by atomic mass is 16.5. The molecular weight excluding hydrogens is 384 g/mol. The van der Waals surface area contributed by atoms with E-state index in [4.69, 9.17) is 4.74 Å². The van der Waals surface area contributed by atoms with E-state index in [1.54, 1.807) is 0 Å². The first-order chi connectivity index (χ1) is 15.3. The number of rotatable bonds is 4. The third-order valence-electron chi connectivity index (χ3n) is 7.11. The van der Waals surface area contributed by atoms with Crippen LogP contribution in [0.5, 0.6) is 0 Å². The van der Waals surface area contributed by atoms with Crippen molar-refractivity contribution in [3.63, 3.8) is 0 Å². The number of amides is 1. The maximum absolute atomic E-state index is 13.9. The van der Waals surface area contributed by atoms with Crippen molar-refractivity contribution in [1.82, 2.24) is 9.88 Å². The number of likely N-dealkylation sites (tertiary alicyclic amines) is 1. The van der Waals surface area contributed by atoms with Gasteiger partial charge in [-0.15, -0.1) is 0 Å². The zero-order valence-corrected chi connectivity index (χ0v) is 18.0. The minimum Gasteiger partial charge on any atom is -0.381 e. The summed E-state index contributed by atoms with van der Waals surface area (Å²) in [6.07, 6.45) is 6.61. The summed E-state index contributed by atoms with van der Waals surface area (Å²) in [6, 6.07) is 20.9. The van der Waals surface area contributed by atoms with Gasteiger partial charge in [-0.3, -0.25) is 9.78 Å². The molecule has 31 heavy (non-hydrogen) atoms. The van der Waals surface area contributed by atoms with Gasteiger partial charge in [0.1, 0.15) is 0 Å². The molecule has 1 unspecified atom stereocenters. The molecule has 2 fully saturated rings. The maximum atomic E-state index is 13.9. The summed E-state index contributed by atoms with van der Waals surface area (Å²) in [5, 5.41) is 1.19. The van der Waals surface area contributed by atoms with E-state index < -0.39 is 5.41 Å². The molecule has 3 aromatic rings. The summed E-state index contributed by atoms with van der Waals surface area (Å²) in [4.78, 5) is 20.7. The second-order valence-electron chi connectivity index (χ2n) is 9.02. The maximum Gasteiger partial charge on any atom is 0.233 e. The fraction of sp³-hybridized carbons (Fsp3) is 0.407. The van der Waals surface area contributed by atoms with Gasteiger partial charge in [-0.2, -0.15) is 0 Å². The highest BCUT2D eigenvalue weighted by Gasteiger charge is 2.44. The van der Waals surface area contributed by atoms with E-state index in [2.05, 4.69) is 46.3 Å². The molecule has 0 aliphatic carbocycles. The Morgan fingerprint density at radius 3 is 2.68 bits per heavy atom. The van der Waals surface area contributed by atoms with Crippen LogP contribution in [0, 0.1) is 5.92 Å². The van der Waals surface area contributed by atoms with Gasteiger partial charge in [0.15, 0.2) is 0 Å².